The summed E-state index contributed by atoms with van der Waals surface area (Å²) in [4.78, 5) is 12.1. The molecule has 7 heteroatoms. The SMILES string of the molecule is CC1CCNC(C)C1NC(=O)Cc1ccc(C(F)(F)F)cc1.Cl. The third-order valence-corrected chi connectivity index (χ3v) is 4.19. The second-order valence-corrected chi connectivity index (χ2v) is 5.97. The third kappa shape index (κ3) is 5.39. The van der Waals surface area contributed by atoms with Gasteiger partial charge in [0.05, 0.1) is 12.0 Å². The van der Waals surface area contributed by atoms with Crippen molar-refractivity contribution in [1.29, 1.82) is 0 Å². The summed E-state index contributed by atoms with van der Waals surface area (Å²) in [6, 6.07) is 4.98. The smallest absolute Gasteiger partial charge is 0.351 e. The van der Waals surface area contributed by atoms with Crippen LogP contribution in [0.15, 0.2) is 24.3 Å². The van der Waals surface area contributed by atoms with Crippen molar-refractivity contribution in [1.82, 2.24) is 10.6 Å². The lowest BCUT2D eigenvalue weighted by Gasteiger charge is -2.36. The first-order valence-corrected chi connectivity index (χ1v) is 7.46. The number of rotatable bonds is 3. The van der Waals surface area contributed by atoms with E-state index < -0.39 is 11.7 Å². The maximum atomic E-state index is 12.5. The van der Waals surface area contributed by atoms with Gasteiger partial charge in [-0.3, -0.25) is 4.79 Å². The number of benzene rings is 1. The number of alkyl halides is 3. The van der Waals surface area contributed by atoms with Crippen LogP contribution < -0.4 is 10.6 Å². The van der Waals surface area contributed by atoms with Gasteiger partial charge in [-0.2, -0.15) is 13.2 Å². The quantitative estimate of drug-likeness (QED) is 0.879. The first kappa shape index (κ1) is 19.8. The van der Waals surface area contributed by atoms with Gasteiger partial charge in [0, 0.05) is 12.1 Å². The normalized spacial score (nSPS) is 24.7. The zero-order valence-electron chi connectivity index (χ0n) is 13.1. The molecule has 2 rings (SSSR count). The minimum absolute atomic E-state index is 0. The topological polar surface area (TPSA) is 41.1 Å². The van der Waals surface area contributed by atoms with E-state index in [1.54, 1.807) is 0 Å². The predicted octanol–water partition coefficient (Wildman–Crippen LogP) is 3.17. The van der Waals surface area contributed by atoms with E-state index in [9.17, 15) is 18.0 Å². The van der Waals surface area contributed by atoms with E-state index >= 15 is 0 Å². The van der Waals surface area contributed by atoms with Crippen LogP contribution in [0.25, 0.3) is 0 Å². The number of carbonyl (C=O) groups excluding carboxylic acids is 1. The molecule has 3 nitrogen and oxygen atoms in total. The zero-order valence-corrected chi connectivity index (χ0v) is 13.9. The summed E-state index contributed by atoms with van der Waals surface area (Å²) in [6.45, 7) is 5.06. The van der Waals surface area contributed by atoms with Crippen molar-refractivity contribution in [3.63, 3.8) is 0 Å². The summed E-state index contributed by atoms with van der Waals surface area (Å²) in [5.74, 6) is 0.222. The average molecular weight is 351 g/mol. The standard InChI is InChI=1S/C16H21F3N2O.ClH/c1-10-7-8-20-11(2)15(10)21-14(22)9-12-3-5-13(6-4-12)16(17,18)19;/h3-6,10-11,15,20H,7-9H2,1-2H3,(H,21,22);1H. The Balaban J connectivity index is 0.00000264. The largest absolute Gasteiger partial charge is 0.416 e. The Bertz CT molecular complexity index is 509. The lowest BCUT2D eigenvalue weighted by atomic mass is 9.89. The third-order valence-electron chi connectivity index (χ3n) is 4.19. The Kier molecular flexibility index (Phi) is 6.89. The fourth-order valence-corrected chi connectivity index (χ4v) is 2.84. The van der Waals surface area contributed by atoms with Gasteiger partial charge in [-0.25, -0.2) is 0 Å². The number of carbonyl (C=O) groups is 1. The molecule has 0 radical (unpaired) electrons. The molecule has 130 valence electrons. The van der Waals surface area contributed by atoms with E-state index in [-0.39, 0.29) is 36.8 Å². The lowest BCUT2D eigenvalue weighted by Crippen LogP contribution is -2.56. The van der Waals surface area contributed by atoms with Crippen LogP contribution in [-0.2, 0) is 17.4 Å². The van der Waals surface area contributed by atoms with Gasteiger partial charge in [-0.15, -0.1) is 12.4 Å². The molecule has 1 fully saturated rings. The molecule has 1 aliphatic rings. The molecule has 1 aromatic rings. The molecule has 1 aromatic carbocycles. The van der Waals surface area contributed by atoms with Gasteiger partial charge in [-0.05, 0) is 43.5 Å². The molecule has 1 heterocycles. The van der Waals surface area contributed by atoms with Crippen LogP contribution in [0.3, 0.4) is 0 Å². The van der Waals surface area contributed by atoms with Gasteiger partial charge in [0.15, 0.2) is 0 Å². The van der Waals surface area contributed by atoms with E-state index in [0.29, 0.717) is 11.5 Å². The number of piperidine rings is 1. The minimum Gasteiger partial charge on any atom is -0.351 e. The highest BCUT2D eigenvalue weighted by atomic mass is 35.5. The molecule has 3 atom stereocenters. The zero-order chi connectivity index (χ0) is 16.3. The maximum absolute atomic E-state index is 12.5. The second kappa shape index (κ2) is 8.02. The Morgan fingerprint density at radius 3 is 2.39 bits per heavy atom. The van der Waals surface area contributed by atoms with Crippen molar-refractivity contribution in [2.45, 2.75) is 44.9 Å². The van der Waals surface area contributed by atoms with Gasteiger partial charge >= 0.3 is 6.18 Å². The summed E-state index contributed by atoms with van der Waals surface area (Å²) >= 11 is 0. The van der Waals surface area contributed by atoms with E-state index in [2.05, 4.69) is 17.6 Å². The first-order valence-electron chi connectivity index (χ1n) is 7.46. The number of halogens is 4. The van der Waals surface area contributed by atoms with Crippen molar-refractivity contribution < 1.29 is 18.0 Å². The predicted molar refractivity (Wildman–Crippen MR) is 85.6 cm³/mol. The summed E-state index contributed by atoms with van der Waals surface area (Å²) in [5.41, 5.74) is -0.120. The molecule has 0 spiro atoms. The number of hydrogen-bond donors (Lipinski definition) is 2. The molecule has 0 saturated carbocycles. The summed E-state index contributed by atoms with van der Waals surface area (Å²) in [5, 5.41) is 6.30. The molecule has 0 aromatic heterocycles. The van der Waals surface area contributed by atoms with Crippen LogP contribution in [0.1, 0.15) is 31.4 Å². The van der Waals surface area contributed by atoms with Crippen molar-refractivity contribution in [2.75, 3.05) is 6.54 Å². The van der Waals surface area contributed by atoms with Crippen LogP contribution in [0.2, 0.25) is 0 Å². The molecule has 1 aliphatic heterocycles. The van der Waals surface area contributed by atoms with E-state index in [1.807, 2.05) is 6.92 Å². The van der Waals surface area contributed by atoms with Crippen LogP contribution in [-0.4, -0.2) is 24.5 Å². The van der Waals surface area contributed by atoms with Gasteiger partial charge in [0.2, 0.25) is 5.91 Å². The van der Waals surface area contributed by atoms with Crippen LogP contribution in [0, 0.1) is 5.92 Å². The highest BCUT2D eigenvalue weighted by Gasteiger charge is 2.30. The van der Waals surface area contributed by atoms with Crippen molar-refractivity contribution in [3.8, 4) is 0 Å². The maximum Gasteiger partial charge on any atom is 0.416 e. The minimum atomic E-state index is -4.35. The first-order chi connectivity index (χ1) is 10.3. The summed E-state index contributed by atoms with van der Waals surface area (Å²) < 4.78 is 37.5. The molecule has 0 bridgehead atoms. The number of amides is 1. The molecule has 23 heavy (non-hydrogen) atoms. The highest BCUT2D eigenvalue weighted by molar-refractivity contribution is 5.85. The molecule has 3 unspecified atom stereocenters. The van der Waals surface area contributed by atoms with E-state index in [4.69, 9.17) is 0 Å². The fourth-order valence-electron chi connectivity index (χ4n) is 2.84. The molecule has 1 saturated heterocycles. The van der Waals surface area contributed by atoms with Crippen LogP contribution in [0.4, 0.5) is 13.2 Å². The van der Waals surface area contributed by atoms with E-state index in [0.717, 1.165) is 25.1 Å². The Hall–Kier alpha value is -1.27. The Labute approximate surface area is 140 Å². The lowest BCUT2D eigenvalue weighted by molar-refractivity contribution is -0.137. The Morgan fingerprint density at radius 1 is 1.26 bits per heavy atom. The summed E-state index contributed by atoms with van der Waals surface area (Å²) in [6.07, 6.45) is -3.26. The fraction of sp³-hybridized carbons (Fsp3) is 0.562. The molecular formula is C16H22ClF3N2O. The molecule has 1 amide bonds. The number of nitrogens with one attached hydrogen (secondary N) is 2. The van der Waals surface area contributed by atoms with Gasteiger partial charge in [-0.1, -0.05) is 19.1 Å². The second-order valence-electron chi connectivity index (χ2n) is 5.97. The monoisotopic (exact) mass is 350 g/mol. The number of hydrogen-bond acceptors (Lipinski definition) is 2. The molecular weight excluding hydrogens is 329 g/mol. The van der Waals surface area contributed by atoms with Crippen molar-refractivity contribution >= 4 is 18.3 Å². The van der Waals surface area contributed by atoms with Gasteiger partial charge in [0.1, 0.15) is 0 Å². The highest BCUT2D eigenvalue weighted by Crippen LogP contribution is 2.29. The average Bonchev–Trinajstić information content (AvgIpc) is 2.43. The van der Waals surface area contributed by atoms with Crippen LogP contribution >= 0.6 is 12.4 Å². The molecule has 0 aliphatic carbocycles. The summed E-state index contributed by atoms with van der Waals surface area (Å²) in [7, 11) is 0. The van der Waals surface area contributed by atoms with Crippen molar-refractivity contribution in [3.05, 3.63) is 35.4 Å². The van der Waals surface area contributed by atoms with Crippen LogP contribution in [0.5, 0.6) is 0 Å². The van der Waals surface area contributed by atoms with Gasteiger partial charge in [0.25, 0.3) is 0 Å². The Morgan fingerprint density at radius 2 is 1.87 bits per heavy atom. The molecule has 2 N–H and O–H groups in total. The van der Waals surface area contributed by atoms with E-state index in [1.165, 1.54) is 12.1 Å². The van der Waals surface area contributed by atoms with Gasteiger partial charge < -0.3 is 10.6 Å². The van der Waals surface area contributed by atoms with Crippen molar-refractivity contribution in [2.24, 2.45) is 5.92 Å².